The van der Waals surface area contributed by atoms with E-state index in [-0.39, 0.29) is 5.83 Å². The highest BCUT2D eigenvalue weighted by Crippen LogP contribution is 2.33. The first-order valence-electron chi connectivity index (χ1n) is 3.75. The van der Waals surface area contributed by atoms with E-state index >= 15 is 0 Å². The molecule has 0 atom stereocenters. The minimum atomic E-state index is -0.115. The van der Waals surface area contributed by atoms with Crippen LogP contribution in [-0.2, 0) is 0 Å². The van der Waals surface area contributed by atoms with Crippen LogP contribution in [0.4, 0.5) is 9.39 Å². The maximum absolute atomic E-state index is 12.9. The Hall–Kier alpha value is -0.960. The maximum atomic E-state index is 12.9. The molecule has 1 aromatic rings. The second-order valence-electron chi connectivity index (χ2n) is 2.72. The van der Waals surface area contributed by atoms with Gasteiger partial charge in [-0.05, 0) is 19.1 Å². The first kappa shape index (κ1) is 7.68. The lowest BCUT2D eigenvalue weighted by molar-refractivity contribution is 0.635. The molecule has 3 heteroatoms. The molecule has 0 amide bonds. The van der Waals surface area contributed by atoms with Crippen molar-refractivity contribution in [2.45, 2.75) is 13.3 Å². The molecule has 1 aliphatic heterocycles. The number of hydrogen-bond acceptors (Lipinski definition) is 2. The van der Waals surface area contributed by atoms with E-state index in [1.54, 1.807) is 23.6 Å². The molecule has 0 spiro atoms. The second-order valence-corrected chi connectivity index (χ2v) is 3.96. The molecule has 0 fully saturated rings. The van der Waals surface area contributed by atoms with Gasteiger partial charge < -0.3 is 0 Å². The lowest BCUT2D eigenvalue weighted by atomic mass is 10.2. The van der Waals surface area contributed by atoms with Crippen LogP contribution in [0.1, 0.15) is 16.9 Å². The van der Waals surface area contributed by atoms with Gasteiger partial charge in [0.2, 0.25) is 0 Å². The van der Waals surface area contributed by atoms with Crippen LogP contribution >= 0.6 is 11.3 Å². The standard InChI is InChI=1S/C9H8FNS/c1-6-4-7-5-8(10)2-3-11-9(7)12-6/h3-5H,2H2,1H3. The molecule has 1 nitrogen and oxygen atoms in total. The van der Waals surface area contributed by atoms with E-state index in [9.17, 15) is 4.39 Å². The van der Waals surface area contributed by atoms with Crippen LogP contribution in [0.15, 0.2) is 16.9 Å². The molecular formula is C9H8FNS. The van der Waals surface area contributed by atoms with Crippen LogP contribution in [0, 0.1) is 6.92 Å². The van der Waals surface area contributed by atoms with Crippen molar-refractivity contribution in [3.05, 3.63) is 22.3 Å². The monoisotopic (exact) mass is 181 g/mol. The van der Waals surface area contributed by atoms with E-state index < -0.39 is 0 Å². The highest BCUT2D eigenvalue weighted by molar-refractivity contribution is 7.16. The van der Waals surface area contributed by atoms with Gasteiger partial charge in [0.05, 0.1) is 0 Å². The second kappa shape index (κ2) is 2.83. The third kappa shape index (κ3) is 1.32. The van der Waals surface area contributed by atoms with Gasteiger partial charge in [-0.25, -0.2) is 9.38 Å². The quantitative estimate of drug-likeness (QED) is 0.581. The zero-order chi connectivity index (χ0) is 8.55. The molecule has 0 aromatic carbocycles. The number of hydrogen-bond donors (Lipinski definition) is 0. The van der Waals surface area contributed by atoms with Crippen molar-refractivity contribution in [3.63, 3.8) is 0 Å². The van der Waals surface area contributed by atoms with E-state index in [0.717, 1.165) is 10.6 Å². The Morgan fingerprint density at radius 2 is 2.42 bits per heavy atom. The third-order valence-electron chi connectivity index (χ3n) is 1.67. The molecule has 0 radical (unpaired) electrons. The van der Waals surface area contributed by atoms with Gasteiger partial charge in [0.15, 0.2) is 0 Å². The molecular weight excluding hydrogens is 173 g/mol. The predicted octanol–water partition coefficient (Wildman–Crippen LogP) is 3.47. The van der Waals surface area contributed by atoms with Gasteiger partial charge in [0.25, 0.3) is 0 Å². The normalized spacial score (nSPS) is 15.3. The van der Waals surface area contributed by atoms with Crippen LogP contribution in [0.5, 0.6) is 0 Å². The van der Waals surface area contributed by atoms with Crippen molar-refractivity contribution < 1.29 is 4.39 Å². The van der Waals surface area contributed by atoms with Crippen molar-refractivity contribution in [2.24, 2.45) is 4.99 Å². The van der Waals surface area contributed by atoms with Crippen LogP contribution in [0.2, 0.25) is 0 Å². The van der Waals surface area contributed by atoms with E-state index in [1.807, 2.05) is 13.0 Å². The van der Waals surface area contributed by atoms with Crippen LogP contribution in [0.3, 0.4) is 0 Å². The predicted molar refractivity (Wildman–Crippen MR) is 50.9 cm³/mol. The van der Waals surface area contributed by atoms with Crippen LogP contribution in [0.25, 0.3) is 6.08 Å². The lowest BCUT2D eigenvalue weighted by Gasteiger charge is -1.86. The maximum Gasteiger partial charge on any atom is 0.123 e. The van der Waals surface area contributed by atoms with E-state index in [4.69, 9.17) is 0 Å². The van der Waals surface area contributed by atoms with Gasteiger partial charge in [0, 0.05) is 23.1 Å². The summed E-state index contributed by atoms with van der Waals surface area (Å²) in [6.07, 6.45) is 3.50. The Labute approximate surface area is 74.3 Å². The van der Waals surface area contributed by atoms with E-state index in [0.29, 0.717) is 6.42 Å². The average Bonchev–Trinajstić information content (AvgIpc) is 2.23. The number of halogens is 1. The fraction of sp³-hybridized carbons (Fsp3) is 0.222. The van der Waals surface area contributed by atoms with Gasteiger partial charge in [-0.1, -0.05) is 0 Å². The smallest absolute Gasteiger partial charge is 0.123 e. The zero-order valence-corrected chi connectivity index (χ0v) is 7.49. The SMILES string of the molecule is Cc1cc2c(s1)N=CCC(F)=C2. The lowest BCUT2D eigenvalue weighted by Crippen LogP contribution is -1.72. The molecule has 0 saturated carbocycles. The first-order valence-corrected chi connectivity index (χ1v) is 4.56. The number of nitrogens with zero attached hydrogens (tertiary/aromatic N) is 1. The summed E-state index contributed by atoms with van der Waals surface area (Å²) in [6.45, 7) is 2.00. The molecule has 2 heterocycles. The minimum Gasteiger partial charge on any atom is -0.249 e. The molecule has 0 aliphatic carbocycles. The van der Waals surface area contributed by atoms with Gasteiger partial charge in [-0.2, -0.15) is 0 Å². The summed E-state index contributed by atoms with van der Waals surface area (Å²) >= 11 is 1.60. The number of aryl methyl sites for hydroxylation is 1. The molecule has 62 valence electrons. The summed E-state index contributed by atoms with van der Waals surface area (Å²) in [6, 6.07) is 1.96. The molecule has 0 N–H and O–H groups in total. The zero-order valence-electron chi connectivity index (χ0n) is 6.67. The van der Waals surface area contributed by atoms with Gasteiger partial charge >= 0.3 is 0 Å². The number of rotatable bonds is 0. The third-order valence-corrected chi connectivity index (χ3v) is 2.64. The number of thiophene rings is 1. The Balaban J connectivity index is 2.56. The van der Waals surface area contributed by atoms with Gasteiger partial charge in [-0.15, -0.1) is 11.3 Å². The van der Waals surface area contributed by atoms with Crippen molar-refractivity contribution in [3.8, 4) is 0 Å². The van der Waals surface area contributed by atoms with Crippen molar-refractivity contribution in [1.29, 1.82) is 0 Å². The Morgan fingerprint density at radius 3 is 3.25 bits per heavy atom. The Morgan fingerprint density at radius 1 is 1.58 bits per heavy atom. The molecule has 1 aliphatic rings. The Bertz CT molecular complexity index is 363. The summed E-state index contributed by atoms with van der Waals surface area (Å²) in [7, 11) is 0. The number of fused-ring (bicyclic) bond motifs is 1. The summed E-state index contributed by atoms with van der Waals surface area (Å²) in [4.78, 5) is 5.33. The highest BCUT2D eigenvalue weighted by Gasteiger charge is 2.07. The summed E-state index contributed by atoms with van der Waals surface area (Å²) in [5.74, 6) is -0.115. The van der Waals surface area contributed by atoms with Gasteiger partial charge in [-0.3, -0.25) is 0 Å². The average molecular weight is 181 g/mol. The first-order chi connectivity index (χ1) is 5.75. The van der Waals surface area contributed by atoms with E-state index in [2.05, 4.69) is 4.99 Å². The largest absolute Gasteiger partial charge is 0.249 e. The molecule has 0 unspecified atom stereocenters. The number of aliphatic imine (C=N–C) groups is 1. The van der Waals surface area contributed by atoms with Crippen molar-refractivity contribution in [2.75, 3.05) is 0 Å². The van der Waals surface area contributed by atoms with Crippen LogP contribution in [-0.4, -0.2) is 6.21 Å². The van der Waals surface area contributed by atoms with Crippen LogP contribution < -0.4 is 0 Å². The Kier molecular flexibility index (Phi) is 1.81. The van der Waals surface area contributed by atoms with Crippen molar-refractivity contribution >= 4 is 28.6 Å². The summed E-state index contributed by atoms with van der Waals surface area (Å²) in [5, 5.41) is 0.917. The molecule has 2 rings (SSSR count). The van der Waals surface area contributed by atoms with Crippen molar-refractivity contribution in [1.82, 2.24) is 0 Å². The van der Waals surface area contributed by atoms with Gasteiger partial charge in [0.1, 0.15) is 10.8 Å². The minimum absolute atomic E-state index is 0.115. The topological polar surface area (TPSA) is 12.4 Å². The van der Waals surface area contributed by atoms with E-state index in [1.165, 1.54) is 4.88 Å². The fourth-order valence-corrected chi connectivity index (χ4v) is 2.02. The summed E-state index contributed by atoms with van der Waals surface area (Å²) in [5.41, 5.74) is 0.906. The summed E-state index contributed by atoms with van der Waals surface area (Å²) < 4.78 is 12.9. The highest BCUT2D eigenvalue weighted by atomic mass is 32.1. The fourth-order valence-electron chi connectivity index (χ4n) is 1.17. The molecule has 0 bridgehead atoms. The number of allylic oxidation sites excluding steroid dienone is 1. The molecule has 0 saturated heterocycles. The molecule has 12 heavy (non-hydrogen) atoms. The molecule has 1 aromatic heterocycles.